The van der Waals surface area contributed by atoms with Gasteiger partial charge in [-0.15, -0.1) is 0 Å². The van der Waals surface area contributed by atoms with E-state index in [1.54, 1.807) is 0 Å². The fourth-order valence-electron chi connectivity index (χ4n) is 4.50. The molecule has 1 unspecified atom stereocenters. The van der Waals surface area contributed by atoms with Crippen LogP contribution in [0, 0.1) is 0 Å². The van der Waals surface area contributed by atoms with Crippen LogP contribution in [-0.4, -0.2) is 77.9 Å². The first-order chi connectivity index (χ1) is 18.2. The highest BCUT2D eigenvalue weighted by Gasteiger charge is 2.21. The number of halogens is 1. The van der Waals surface area contributed by atoms with Crippen LogP contribution in [0.15, 0.2) is 36.8 Å². The van der Waals surface area contributed by atoms with Gasteiger partial charge in [0.2, 0.25) is 16.0 Å². The molecule has 0 saturated heterocycles. The molecule has 0 spiro atoms. The van der Waals surface area contributed by atoms with Gasteiger partial charge in [-0.2, -0.15) is 4.98 Å². The number of benzene rings is 1. The van der Waals surface area contributed by atoms with Gasteiger partial charge in [-0.1, -0.05) is 17.7 Å². The molecule has 38 heavy (non-hydrogen) atoms. The van der Waals surface area contributed by atoms with Gasteiger partial charge in [-0.05, 0) is 56.0 Å². The summed E-state index contributed by atoms with van der Waals surface area (Å²) in [5.41, 5.74) is 3.95. The van der Waals surface area contributed by atoms with Crippen LogP contribution in [0.4, 0.5) is 23.3 Å². The summed E-state index contributed by atoms with van der Waals surface area (Å²) in [4.78, 5) is 19.5. The average Bonchev–Trinajstić information content (AvgIpc) is 3.11. The number of fused-ring (bicyclic) bond motifs is 1. The number of anilines is 4. The van der Waals surface area contributed by atoms with Gasteiger partial charge in [0.15, 0.2) is 11.6 Å². The molecule has 0 aliphatic heterocycles. The number of aromatic nitrogens is 4. The summed E-state index contributed by atoms with van der Waals surface area (Å²) in [5, 5.41) is 16.0. The van der Waals surface area contributed by atoms with Gasteiger partial charge in [0.05, 0.1) is 25.6 Å². The number of aryl methyl sites for hydroxylation is 2. The van der Waals surface area contributed by atoms with Crippen LogP contribution in [0.25, 0.3) is 0 Å². The van der Waals surface area contributed by atoms with E-state index in [0.717, 1.165) is 41.9 Å². The van der Waals surface area contributed by atoms with E-state index in [4.69, 9.17) is 11.6 Å². The second-order valence-corrected chi connectivity index (χ2v) is 11.8. The molecule has 0 saturated carbocycles. The van der Waals surface area contributed by atoms with Crippen LogP contribution < -0.4 is 14.9 Å². The molecule has 13 heteroatoms. The highest BCUT2D eigenvalue weighted by Crippen LogP contribution is 2.28. The molecule has 0 amide bonds. The Morgan fingerprint density at radius 2 is 1.84 bits per heavy atom. The second-order valence-electron chi connectivity index (χ2n) is 9.34. The smallest absolute Gasteiger partial charge is 0.233 e. The molecule has 1 aliphatic carbocycles. The zero-order valence-corrected chi connectivity index (χ0v) is 23.3. The number of aliphatic hydroxyl groups is 1. The minimum absolute atomic E-state index is 0.157. The third kappa shape index (κ3) is 6.87. The monoisotopic (exact) mass is 560 g/mol. The summed E-state index contributed by atoms with van der Waals surface area (Å²) in [6.07, 6.45) is 9.61. The van der Waals surface area contributed by atoms with E-state index in [2.05, 4.69) is 54.6 Å². The first kappa shape index (κ1) is 28.0. The molecule has 3 aromatic rings. The molecule has 11 nitrogen and oxygen atoms in total. The summed E-state index contributed by atoms with van der Waals surface area (Å²) in [6.45, 7) is 1.01. The van der Waals surface area contributed by atoms with Gasteiger partial charge >= 0.3 is 0 Å². The Bertz CT molecular complexity index is 1370. The van der Waals surface area contributed by atoms with Crippen LogP contribution in [0.1, 0.15) is 29.7 Å². The molecule has 1 aliphatic rings. The zero-order valence-electron chi connectivity index (χ0n) is 21.7. The lowest BCUT2D eigenvalue weighted by atomic mass is 10.0. The maximum Gasteiger partial charge on any atom is 0.233 e. The molecular formula is C25H33ClN8O3S. The maximum atomic E-state index is 12.0. The molecule has 2 aromatic heterocycles. The first-order valence-electron chi connectivity index (χ1n) is 12.4. The zero-order chi connectivity index (χ0) is 27.3. The summed E-state index contributed by atoms with van der Waals surface area (Å²) >= 11 is 6.34. The van der Waals surface area contributed by atoms with Gasteiger partial charge in [-0.25, -0.2) is 18.4 Å². The van der Waals surface area contributed by atoms with E-state index < -0.39 is 10.0 Å². The minimum Gasteiger partial charge on any atom is -0.395 e. The van der Waals surface area contributed by atoms with Crippen molar-refractivity contribution in [3.63, 3.8) is 0 Å². The van der Waals surface area contributed by atoms with Crippen molar-refractivity contribution in [2.45, 2.75) is 38.3 Å². The van der Waals surface area contributed by atoms with E-state index in [-0.39, 0.29) is 19.0 Å². The van der Waals surface area contributed by atoms with Crippen molar-refractivity contribution >= 4 is 44.9 Å². The normalized spacial score (nSPS) is 15.6. The summed E-state index contributed by atoms with van der Waals surface area (Å²) in [6, 6.07) is 6.76. The van der Waals surface area contributed by atoms with Crippen LogP contribution in [-0.2, 0) is 29.4 Å². The van der Waals surface area contributed by atoms with Gasteiger partial charge in [0, 0.05) is 37.7 Å². The molecule has 0 bridgehead atoms. The van der Waals surface area contributed by atoms with Crippen LogP contribution in [0.2, 0.25) is 5.02 Å². The Hall–Kier alpha value is -3.06. The van der Waals surface area contributed by atoms with Crippen LogP contribution in [0.3, 0.4) is 0 Å². The summed E-state index contributed by atoms with van der Waals surface area (Å²) < 4.78 is 25.1. The fraction of sp³-hybridized carbons (Fsp3) is 0.440. The molecule has 3 N–H and O–H groups in total. The van der Waals surface area contributed by atoms with E-state index >= 15 is 0 Å². The van der Waals surface area contributed by atoms with Crippen molar-refractivity contribution < 1.29 is 13.5 Å². The van der Waals surface area contributed by atoms with Crippen molar-refractivity contribution in [3.05, 3.63) is 58.6 Å². The Morgan fingerprint density at radius 1 is 1.11 bits per heavy atom. The molecular weight excluding hydrogens is 528 g/mol. The lowest BCUT2D eigenvalue weighted by Gasteiger charge is -2.26. The Morgan fingerprint density at radius 3 is 2.58 bits per heavy atom. The highest BCUT2D eigenvalue weighted by atomic mass is 35.5. The first-order valence-corrected chi connectivity index (χ1v) is 14.6. The predicted molar refractivity (Wildman–Crippen MR) is 150 cm³/mol. The SMILES string of the molecule is CN(CCO)C1CCc2ccc(Nc3ncc(Cl)c(NCc4nccnc4N(C)S(C)(=O)=O)n3)cc2CC1. The van der Waals surface area contributed by atoms with Crippen LogP contribution >= 0.6 is 11.6 Å². The molecule has 4 rings (SSSR count). The molecule has 2 heterocycles. The van der Waals surface area contributed by atoms with Crippen molar-refractivity contribution in [1.29, 1.82) is 0 Å². The topological polar surface area (TPSA) is 136 Å². The molecule has 0 radical (unpaired) electrons. The third-order valence-electron chi connectivity index (χ3n) is 6.75. The van der Waals surface area contributed by atoms with Crippen molar-refractivity contribution in [3.8, 4) is 0 Å². The van der Waals surface area contributed by atoms with Gasteiger partial charge in [-0.3, -0.25) is 9.29 Å². The Labute approximate surface area is 228 Å². The lowest BCUT2D eigenvalue weighted by Crippen LogP contribution is -2.34. The number of nitrogens with zero attached hydrogens (tertiary/aromatic N) is 6. The van der Waals surface area contributed by atoms with Crippen LogP contribution in [0.5, 0.6) is 0 Å². The van der Waals surface area contributed by atoms with Gasteiger partial charge in [0.25, 0.3) is 0 Å². The number of rotatable bonds is 10. The van der Waals surface area contributed by atoms with Crippen molar-refractivity contribution in [1.82, 2.24) is 24.8 Å². The Balaban J connectivity index is 1.46. The largest absolute Gasteiger partial charge is 0.395 e. The molecule has 1 atom stereocenters. The summed E-state index contributed by atoms with van der Waals surface area (Å²) in [7, 11) is -0.00194. The lowest BCUT2D eigenvalue weighted by molar-refractivity contribution is 0.169. The van der Waals surface area contributed by atoms with E-state index in [0.29, 0.717) is 35.1 Å². The van der Waals surface area contributed by atoms with Gasteiger partial charge in [0.1, 0.15) is 10.7 Å². The number of likely N-dealkylation sites (N-methyl/N-ethyl adjacent to an activating group) is 1. The fourth-order valence-corrected chi connectivity index (χ4v) is 5.13. The maximum absolute atomic E-state index is 12.0. The third-order valence-corrected chi connectivity index (χ3v) is 8.19. The number of hydrogen-bond acceptors (Lipinski definition) is 10. The minimum atomic E-state index is -3.50. The average molecular weight is 561 g/mol. The quantitative estimate of drug-likeness (QED) is 0.317. The number of hydrogen-bond donors (Lipinski definition) is 3. The molecule has 204 valence electrons. The molecule has 0 fully saturated rings. The van der Waals surface area contributed by atoms with E-state index in [1.807, 2.05) is 6.07 Å². The number of aliphatic hydroxyl groups excluding tert-OH is 1. The van der Waals surface area contributed by atoms with Crippen molar-refractivity contribution in [2.24, 2.45) is 0 Å². The second kappa shape index (κ2) is 12.2. The number of sulfonamides is 1. The highest BCUT2D eigenvalue weighted by molar-refractivity contribution is 7.92. The van der Waals surface area contributed by atoms with Crippen molar-refractivity contribution in [2.75, 3.05) is 48.4 Å². The Kier molecular flexibility index (Phi) is 8.98. The van der Waals surface area contributed by atoms with E-state index in [1.165, 1.54) is 36.8 Å². The molecule has 1 aromatic carbocycles. The summed E-state index contributed by atoms with van der Waals surface area (Å²) in [5.74, 6) is 0.978. The van der Waals surface area contributed by atoms with Gasteiger partial charge < -0.3 is 20.6 Å². The standard InChI is InChI=1S/C25H33ClN8O3S/c1-33(12-13-35)20-8-5-17-4-7-19(14-18(17)6-9-20)31-25-30-15-21(26)23(32-25)29-16-22-24(28-11-10-27-22)34(2)38(3,36)37/h4,7,10-11,14-15,20,35H,5-6,8-9,12-13,16H2,1-3H3,(H2,29,30,31,32). The predicted octanol–water partition coefficient (Wildman–Crippen LogP) is 2.84. The number of nitrogens with one attached hydrogen (secondary N) is 2. The van der Waals surface area contributed by atoms with E-state index in [9.17, 15) is 13.5 Å².